The summed E-state index contributed by atoms with van der Waals surface area (Å²) in [4.78, 5) is 43.3. The zero-order chi connectivity index (χ0) is 29.6. The lowest BCUT2D eigenvalue weighted by molar-refractivity contribution is -0.384. The van der Waals surface area contributed by atoms with Crippen molar-refractivity contribution in [3.63, 3.8) is 0 Å². The van der Waals surface area contributed by atoms with E-state index in [1.807, 2.05) is 31.2 Å². The molecule has 220 valence electrons. The first-order chi connectivity index (χ1) is 20.4. The molecule has 3 aromatic carbocycles. The molecule has 0 spiro atoms. The molecule has 1 fully saturated rings. The minimum atomic E-state index is -0.814. The van der Waals surface area contributed by atoms with Crippen LogP contribution in [-0.4, -0.2) is 79.6 Å². The van der Waals surface area contributed by atoms with Crippen molar-refractivity contribution in [1.29, 1.82) is 0 Å². The smallest absolute Gasteiger partial charge is 0.271 e. The lowest BCUT2D eigenvalue weighted by Crippen LogP contribution is -2.49. The van der Waals surface area contributed by atoms with E-state index in [0.29, 0.717) is 49.8 Å². The highest BCUT2D eigenvalue weighted by atomic mass is 16.6. The summed E-state index contributed by atoms with van der Waals surface area (Å²) in [7, 11) is 1.43. The molecular formula is C31H34N4O7. The minimum Gasteiger partial charge on any atom is -0.495 e. The second kappa shape index (κ2) is 13.0. The van der Waals surface area contributed by atoms with Crippen LogP contribution in [0.3, 0.4) is 0 Å². The third-order valence-corrected chi connectivity index (χ3v) is 7.67. The van der Waals surface area contributed by atoms with Gasteiger partial charge in [-0.2, -0.15) is 0 Å². The zero-order valence-corrected chi connectivity index (χ0v) is 23.7. The number of benzene rings is 3. The number of anilines is 1. The number of amides is 2. The Kier molecular flexibility index (Phi) is 8.99. The molecule has 0 aliphatic carbocycles. The Hall–Kier alpha value is -4.48. The third kappa shape index (κ3) is 6.07. The van der Waals surface area contributed by atoms with Gasteiger partial charge in [-0.1, -0.05) is 30.3 Å². The van der Waals surface area contributed by atoms with Crippen LogP contribution in [0, 0.1) is 10.1 Å². The SMILES string of the molecule is CCOc1ccc([C@H]2[C@H](C(=O)Nc3cc([N+](=O)[O-])ccc3OC)c3ccccc3C(=O)N2CCN2CCOCC2)cc1. The number of rotatable bonds is 10. The average molecular weight is 575 g/mol. The number of nitro benzene ring substituents is 1. The number of nitrogens with zero attached hydrogens (tertiary/aromatic N) is 3. The summed E-state index contributed by atoms with van der Waals surface area (Å²) in [5.74, 6) is -0.411. The van der Waals surface area contributed by atoms with Gasteiger partial charge in [-0.25, -0.2) is 0 Å². The molecule has 0 radical (unpaired) electrons. The molecule has 3 aromatic rings. The predicted octanol–water partition coefficient (Wildman–Crippen LogP) is 4.25. The van der Waals surface area contributed by atoms with Crippen LogP contribution in [0.1, 0.15) is 40.4 Å². The molecule has 2 amide bonds. The van der Waals surface area contributed by atoms with Gasteiger partial charge in [-0.3, -0.25) is 24.6 Å². The van der Waals surface area contributed by atoms with Crippen LogP contribution in [0.25, 0.3) is 0 Å². The van der Waals surface area contributed by atoms with Gasteiger partial charge in [0, 0.05) is 43.9 Å². The van der Waals surface area contributed by atoms with Gasteiger partial charge >= 0.3 is 0 Å². The van der Waals surface area contributed by atoms with Crippen LogP contribution in [0.2, 0.25) is 0 Å². The monoisotopic (exact) mass is 574 g/mol. The number of hydrogen-bond donors (Lipinski definition) is 1. The van der Waals surface area contributed by atoms with Gasteiger partial charge in [0.1, 0.15) is 11.5 Å². The summed E-state index contributed by atoms with van der Waals surface area (Å²) in [5, 5.41) is 14.4. The summed E-state index contributed by atoms with van der Waals surface area (Å²) >= 11 is 0. The molecule has 2 atom stereocenters. The molecule has 11 nitrogen and oxygen atoms in total. The largest absolute Gasteiger partial charge is 0.495 e. The number of non-ortho nitro benzene ring substituents is 1. The Morgan fingerprint density at radius 1 is 1.07 bits per heavy atom. The van der Waals surface area contributed by atoms with E-state index in [-0.39, 0.29) is 23.0 Å². The van der Waals surface area contributed by atoms with E-state index in [4.69, 9.17) is 14.2 Å². The number of hydrogen-bond acceptors (Lipinski definition) is 8. The van der Waals surface area contributed by atoms with Crippen LogP contribution >= 0.6 is 0 Å². The van der Waals surface area contributed by atoms with Gasteiger partial charge in [-0.15, -0.1) is 0 Å². The fourth-order valence-corrected chi connectivity index (χ4v) is 5.61. The van der Waals surface area contributed by atoms with Crippen LogP contribution in [0.5, 0.6) is 11.5 Å². The normalized spacial score (nSPS) is 18.7. The number of carbonyl (C=O) groups is 2. The Bertz CT molecular complexity index is 1440. The summed E-state index contributed by atoms with van der Waals surface area (Å²) in [6.07, 6.45) is 0. The molecule has 0 unspecified atom stereocenters. The number of nitrogens with one attached hydrogen (secondary N) is 1. The number of carbonyl (C=O) groups excluding carboxylic acids is 2. The maximum atomic E-state index is 14.3. The molecule has 0 saturated carbocycles. The highest BCUT2D eigenvalue weighted by Gasteiger charge is 2.44. The first-order valence-corrected chi connectivity index (χ1v) is 14.0. The third-order valence-electron chi connectivity index (χ3n) is 7.67. The zero-order valence-electron chi connectivity index (χ0n) is 23.7. The van der Waals surface area contributed by atoms with E-state index in [2.05, 4.69) is 10.2 Å². The number of methoxy groups -OCH3 is 1. The molecule has 11 heteroatoms. The number of fused-ring (bicyclic) bond motifs is 1. The van der Waals surface area contributed by atoms with E-state index in [1.165, 1.54) is 25.3 Å². The summed E-state index contributed by atoms with van der Waals surface area (Å²) in [6.45, 7) is 6.24. The van der Waals surface area contributed by atoms with Crippen molar-refractivity contribution >= 4 is 23.2 Å². The van der Waals surface area contributed by atoms with Crippen LogP contribution < -0.4 is 14.8 Å². The second-order valence-electron chi connectivity index (χ2n) is 10.1. The lowest BCUT2D eigenvalue weighted by Gasteiger charge is -2.43. The topological polar surface area (TPSA) is 123 Å². The van der Waals surface area contributed by atoms with Crippen molar-refractivity contribution in [2.75, 3.05) is 58.4 Å². The van der Waals surface area contributed by atoms with Crippen LogP contribution in [0.15, 0.2) is 66.7 Å². The highest BCUT2D eigenvalue weighted by Crippen LogP contribution is 2.44. The van der Waals surface area contributed by atoms with Crippen LogP contribution in [0.4, 0.5) is 11.4 Å². The molecule has 0 aromatic heterocycles. The first-order valence-electron chi connectivity index (χ1n) is 14.0. The Morgan fingerprint density at radius 2 is 1.81 bits per heavy atom. The first kappa shape index (κ1) is 29.0. The Labute approximate surface area is 244 Å². The maximum absolute atomic E-state index is 14.3. The minimum absolute atomic E-state index is 0.158. The maximum Gasteiger partial charge on any atom is 0.271 e. The average Bonchev–Trinajstić information content (AvgIpc) is 3.01. The standard InChI is InChI=1S/C31H34N4O7/c1-3-42-23-11-8-21(9-12-23)29-28(30(36)32-26-20-22(35(38)39)10-13-27(26)40-2)24-6-4-5-7-25(24)31(37)34(29)15-14-33-16-18-41-19-17-33/h4-13,20,28-29H,3,14-19H2,1-2H3,(H,32,36)/t28-,29+/m1/s1. The van der Waals surface area contributed by atoms with Crippen molar-refractivity contribution in [2.24, 2.45) is 0 Å². The highest BCUT2D eigenvalue weighted by molar-refractivity contribution is 6.05. The fourth-order valence-electron chi connectivity index (χ4n) is 5.61. The number of nitro groups is 1. The summed E-state index contributed by atoms with van der Waals surface area (Å²) < 4.78 is 16.5. The molecule has 5 rings (SSSR count). The number of morpholine rings is 1. The van der Waals surface area contributed by atoms with Gasteiger partial charge in [0.15, 0.2) is 0 Å². The van der Waals surface area contributed by atoms with E-state index >= 15 is 0 Å². The van der Waals surface area contributed by atoms with Crippen molar-refractivity contribution in [1.82, 2.24) is 9.80 Å². The van der Waals surface area contributed by atoms with E-state index < -0.39 is 22.8 Å². The number of ether oxygens (including phenoxy) is 3. The molecule has 1 saturated heterocycles. The summed E-state index contributed by atoms with van der Waals surface area (Å²) in [5.41, 5.74) is 1.81. The molecular weight excluding hydrogens is 540 g/mol. The van der Waals surface area contributed by atoms with E-state index in [9.17, 15) is 19.7 Å². The van der Waals surface area contributed by atoms with Crippen molar-refractivity contribution in [3.8, 4) is 11.5 Å². The van der Waals surface area contributed by atoms with Gasteiger partial charge < -0.3 is 24.4 Å². The quantitative estimate of drug-likeness (QED) is 0.282. The van der Waals surface area contributed by atoms with Crippen molar-refractivity contribution in [3.05, 3.63) is 93.5 Å². The molecule has 42 heavy (non-hydrogen) atoms. The Morgan fingerprint density at radius 3 is 2.50 bits per heavy atom. The molecule has 2 heterocycles. The van der Waals surface area contributed by atoms with Gasteiger partial charge in [-0.05, 0) is 42.3 Å². The molecule has 1 N–H and O–H groups in total. The van der Waals surface area contributed by atoms with E-state index in [0.717, 1.165) is 18.7 Å². The molecule has 2 aliphatic rings. The van der Waals surface area contributed by atoms with Gasteiger partial charge in [0.05, 0.1) is 49.5 Å². The fraction of sp³-hybridized carbons (Fsp3) is 0.355. The lowest BCUT2D eigenvalue weighted by atomic mass is 9.79. The van der Waals surface area contributed by atoms with Crippen molar-refractivity contribution < 1.29 is 28.7 Å². The van der Waals surface area contributed by atoms with Gasteiger partial charge in [0.2, 0.25) is 5.91 Å². The van der Waals surface area contributed by atoms with Crippen LogP contribution in [-0.2, 0) is 9.53 Å². The van der Waals surface area contributed by atoms with Crippen molar-refractivity contribution in [2.45, 2.75) is 18.9 Å². The summed E-state index contributed by atoms with van der Waals surface area (Å²) in [6, 6.07) is 18.0. The Balaban J connectivity index is 1.57. The van der Waals surface area contributed by atoms with Gasteiger partial charge in [0.25, 0.3) is 11.6 Å². The molecule has 2 aliphatic heterocycles. The predicted molar refractivity (Wildman–Crippen MR) is 156 cm³/mol. The molecule has 0 bridgehead atoms. The second-order valence-corrected chi connectivity index (χ2v) is 10.1. The van der Waals surface area contributed by atoms with E-state index in [1.54, 1.807) is 29.2 Å².